The summed E-state index contributed by atoms with van der Waals surface area (Å²) in [6.45, 7) is 7.64. The molecule has 0 bridgehead atoms. The van der Waals surface area contributed by atoms with Crippen LogP contribution in [0.5, 0.6) is 11.5 Å². The number of carbonyl (C=O) groups is 1. The first-order valence-corrected chi connectivity index (χ1v) is 12.2. The Hall–Kier alpha value is -2.43. The molecular weight excluding hydrogens is 592 g/mol. The smallest absolute Gasteiger partial charge is 0.282 e. The lowest BCUT2D eigenvalue weighted by Gasteiger charge is -2.21. The van der Waals surface area contributed by atoms with E-state index >= 15 is 0 Å². The van der Waals surface area contributed by atoms with Crippen molar-refractivity contribution >= 4 is 66.5 Å². The number of hydrogen-bond acceptors (Lipinski definition) is 6. The van der Waals surface area contributed by atoms with Crippen molar-refractivity contribution in [3.63, 3.8) is 0 Å². The third-order valence-corrected chi connectivity index (χ3v) is 6.54. The molecule has 1 amide bonds. The van der Waals surface area contributed by atoms with E-state index in [-0.39, 0.29) is 22.9 Å². The van der Waals surface area contributed by atoms with E-state index in [0.717, 1.165) is 4.47 Å². The van der Waals surface area contributed by atoms with E-state index in [1.165, 1.54) is 10.9 Å². The van der Waals surface area contributed by atoms with Gasteiger partial charge in [-0.25, -0.2) is 4.98 Å². The summed E-state index contributed by atoms with van der Waals surface area (Å²) in [6.07, 6.45) is 1.48. The molecule has 0 unspecified atom stereocenters. The molecule has 0 spiro atoms. The van der Waals surface area contributed by atoms with Crippen LogP contribution in [0.3, 0.4) is 0 Å². The number of hydrogen-bond donors (Lipinski definition) is 1. The zero-order valence-corrected chi connectivity index (χ0v) is 22.9. The molecule has 2 aromatic carbocycles. The second-order valence-corrected chi connectivity index (χ2v) is 10.4. The van der Waals surface area contributed by atoms with E-state index in [4.69, 9.17) is 31.8 Å². The van der Waals surface area contributed by atoms with Crippen molar-refractivity contribution in [3.8, 4) is 11.5 Å². The molecule has 0 aliphatic heterocycles. The molecule has 180 valence electrons. The van der Waals surface area contributed by atoms with Gasteiger partial charge in [-0.1, -0.05) is 48.3 Å². The van der Waals surface area contributed by atoms with Gasteiger partial charge in [-0.05, 0) is 47.1 Å². The van der Waals surface area contributed by atoms with Gasteiger partial charge in [-0.15, -0.1) is 0 Å². The van der Waals surface area contributed by atoms with Crippen molar-refractivity contribution in [3.05, 3.63) is 60.0 Å². The van der Waals surface area contributed by atoms with Gasteiger partial charge in [0.1, 0.15) is 10.8 Å². The summed E-state index contributed by atoms with van der Waals surface area (Å²) in [4.78, 5) is 29.2. The highest BCUT2D eigenvalue weighted by molar-refractivity contribution is 9.10. The molecule has 0 saturated carbocycles. The van der Waals surface area contributed by atoms with Crippen LogP contribution in [0.4, 0.5) is 0 Å². The Morgan fingerprint density at radius 3 is 2.59 bits per heavy atom. The summed E-state index contributed by atoms with van der Waals surface area (Å²) in [5.41, 5.74) is 5.53. The number of nitrogens with two attached hydrogens (primary N) is 1. The van der Waals surface area contributed by atoms with Crippen LogP contribution in [-0.2, 0) is 10.2 Å². The first kappa shape index (κ1) is 26.2. The summed E-state index contributed by atoms with van der Waals surface area (Å²) in [6, 6.07) is 6.99. The van der Waals surface area contributed by atoms with Crippen LogP contribution in [0.2, 0.25) is 5.02 Å². The van der Waals surface area contributed by atoms with Crippen molar-refractivity contribution in [2.45, 2.75) is 33.1 Å². The van der Waals surface area contributed by atoms with E-state index in [9.17, 15) is 9.59 Å². The number of carbonyl (C=O) groups excluding carboxylic acids is 1. The monoisotopic (exact) mass is 612 g/mol. The molecule has 34 heavy (non-hydrogen) atoms. The SMILES string of the molecule is CCOc1cc(C=Nn2c(C(C)(C)C)nc3ccc(Br)cc3c2=O)c(Br)c(Cl)c1OCC(N)=O. The van der Waals surface area contributed by atoms with Crippen LogP contribution < -0.4 is 20.8 Å². The van der Waals surface area contributed by atoms with Crippen molar-refractivity contribution in [1.82, 2.24) is 9.66 Å². The molecule has 0 aliphatic rings. The minimum absolute atomic E-state index is 0.177. The third kappa shape index (κ3) is 5.61. The zero-order valence-electron chi connectivity index (χ0n) is 19.0. The number of halogens is 3. The molecule has 3 aromatic rings. The standard InChI is InChI=1S/C23H23Br2ClN4O4/c1-5-33-16-8-12(18(25)19(26)20(16)34-11-17(27)31)10-28-30-21(32)14-9-13(24)6-7-15(14)29-22(30)23(2,3)4/h6-10H,5,11H2,1-4H3,(H2,27,31). The zero-order chi connectivity index (χ0) is 25.2. The molecule has 0 saturated heterocycles. The van der Waals surface area contributed by atoms with Crippen LogP contribution in [0, 0.1) is 0 Å². The van der Waals surface area contributed by atoms with Crippen LogP contribution in [0.25, 0.3) is 10.9 Å². The topological polar surface area (TPSA) is 109 Å². The summed E-state index contributed by atoms with van der Waals surface area (Å²) in [5, 5.41) is 5.08. The molecular formula is C23H23Br2ClN4O4. The molecule has 0 aliphatic carbocycles. The number of amides is 1. The van der Waals surface area contributed by atoms with Gasteiger partial charge in [-0.2, -0.15) is 9.78 Å². The van der Waals surface area contributed by atoms with E-state index < -0.39 is 11.3 Å². The number of nitrogens with zero attached hydrogens (tertiary/aromatic N) is 3. The van der Waals surface area contributed by atoms with Crippen LogP contribution in [0.1, 0.15) is 39.1 Å². The fourth-order valence-corrected chi connectivity index (χ4v) is 4.12. The minimum atomic E-state index is -0.648. The largest absolute Gasteiger partial charge is 0.490 e. The van der Waals surface area contributed by atoms with Crippen molar-refractivity contribution in [1.29, 1.82) is 0 Å². The second-order valence-electron chi connectivity index (χ2n) is 8.32. The average molecular weight is 615 g/mol. The van der Waals surface area contributed by atoms with Gasteiger partial charge >= 0.3 is 0 Å². The number of fused-ring (bicyclic) bond motifs is 1. The first-order valence-electron chi connectivity index (χ1n) is 10.3. The Morgan fingerprint density at radius 1 is 1.26 bits per heavy atom. The Labute approximate surface area is 218 Å². The molecule has 1 heterocycles. The van der Waals surface area contributed by atoms with E-state index in [1.54, 1.807) is 25.1 Å². The quantitative estimate of drug-likeness (QED) is 0.376. The number of primary amides is 1. The highest BCUT2D eigenvalue weighted by Gasteiger charge is 2.23. The fraction of sp³-hybridized carbons (Fsp3) is 0.304. The van der Waals surface area contributed by atoms with E-state index in [0.29, 0.717) is 39.1 Å². The lowest BCUT2D eigenvalue weighted by molar-refractivity contribution is -0.119. The van der Waals surface area contributed by atoms with Gasteiger partial charge in [0.15, 0.2) is 18.1 Å². The average Bonchev–Trinajstić information content (AvgIpc) is 2.75. The van der Waals surface area contributed by atoms with Crippen LogP contribution >= 0.6 is 43.5 Å². The van der Waals surface area contributed by atoms with E-state index in [1.807, 2.05) is 26.8 Å². The molecule has 2 N–H and O–H groups in total. The van der Waals surface area contributed by atoms with E-state index in [2.05, 4.69) is 37.0 Å². The lowest BCUT2D eigenvalue weighted by atomic mass is 9.95. The second kappa shape index (κ2) is 10.5. The van der Waals surface area contributed by atoms with Gasteiger partial charge < -0.3 is 15.2 Å². The highest BCUT2D eigenvalue weighted by atomic mass is 79.9. The van der Waals surface area contributed by atoms with Crippen molar-refractivity contribution < 1.29 is 14.3 Å². The van der Waals surface area contributed by atoms with Crippen LogP contribution in [-0.4, -0.2) is 35.0 Å². The summed E-state index contributed by atoms with van der Waals surface area (Å²) >= 11 is 13.3. The van der Waals surface area contributed by atoms with Crippen molar-refractivity contribution in [2.75, 3.05) is 13.2 Å². The Bertz CT molecular complexity index is 1350. The number of aromatic nitrogens is 2. The molecule has 0 radical (unpaired) electrons. The predicted molar refractivity (Wildman–Crippen MR) is 140 cm³/mol. The first-order chi connectivity index (χ1) is 15.9. The maximum absolute atomic E-state index is 13.4. The van der Waals surface area contributed by atoms with Gasteiger partial charge in [0.25, 0.3) is 11.5 Å². The van der Waals surface area contributed by atoms with Gasteiger partial charge in [0.2, 0.25) is 0 Å². The Morgan fingerprint density at radius 2 is 1.97 bits per heavy atom. The number of rotatable bonds is 7. The van der Waals surface area contributed by atoms with Gasteiger partial charge in [0, 0.05) is 19.9 Å². The summed E-state index contributed by atoms with van der Waals surface area (Å²) in [7, 11) is 0. The molecule has 8 nitrogen and oxygen atoms in total. The highest BCUT2D eigenvalue weighted by Crippen LogP contribution is 2.42. The number of ether oxygens (including phenoxy) is 2. The maximum Gasteiger partial charge on any atom is 0.282 e. The molecule has 0 fully saturated rings. The molecule has 3 rings (SSSR count). The summed E-state index contributed by atoms with van der Waals surface area (Å²) in [5.74, 6) is 0.334. The summed E-state index contributed by atoms with van der Waals surface area (Å²) < 4.78 is 13.6. The Balaban J connectivity index is 2.18. The molecule has 0 atom stereocenters. The maximum atomic E-state index is 13.4. The fourth-order valence-electron chi connectivity index (χ4n) is 3.10. The molecule has 11 heteroatoms. The van der Waals surface area contributed by atoms with Gasteiger partial charge in [0.05, 0.1) is 23.7 Å². The predicted octanol–water partition coefficient (Wildman–Crippen LogP) is 5.02. The molecule has 1 aromatic heterocycles. The van der Waals surface area contributed by atoms with Gasteiger partial charge in [-0.3, -0.25) is 9.59 Å². The Kier molecular flexibility index (Phi) is 8.05. The normalized spacial score (nSPS) is 11.9. The lowest BCUT2D eigenvalue weighted by Crippen LogP contribution is -2.29. The third-order valence-electron chi connectivity index (χ3n) is 4.61. The minimum Gasteiger partial charge on any atom is -0.490 e. The van der Waals surface area contributed by atoms with Crippen molar-refractivity contribution in [2.24, 2.45) is 10.8 Å². The van der Waals surface area contributed by atoms with Crippen LogP contribution in [0.15, 0.2) is 43.1 Å². The number of benzene rings is 2.